The molecule has 122 valence electrons. The van der Waals surface area contributed by atoms with E-state index in [0.717, 1.165) is 37.0 Å². The number of anilines is 3. The van der Waals surface area contributed by atoms with Crippen LogP contribution >= 0.6 is 0 Å². The van der Waals surface area contributed by atoms with E-state index in [1.165, 1.54) is 5.69 Å². The summed E-state index contributed by atoms with van der Waals surface area (Å²) >= 11 is 0. The fourth-order valence-corrected chi connectivity index (χ4v) is 2.93. The van der Waals surface area contributed by atoms with Crippen molar-refractivity contribution in [1.29, 1.82) is 0 Å². The number of pyridine rings is 1. The van der Waals surface area contributed by atoms with Gasteiger partial charge in [-0.1, -0.05) is 0 Å². The lowest BCUT2D eigenvalue weighted by Gasteiger charge is -2.31. The Kier molecular flexibility index (Phi) is 3.96. The number of benzene rings is 1. The average molecular weight is 321 g/mol. The van der Waals surface area contributed by atoms with E-state index in [2.05, 4.69) is 37.3 Å². The summed E-state index contributed by atoms with van der Waals surface area (Å²) in [5.41, 5.74) is 2.79. The van der Waals surface area contributed by atoms with Crippen molar-refractivity contribution >= 4 is 28.4 Å². The van der Waals surface area contributed by atoms with E-state index in [-0.39, 0.29) is 6.10 Å². The maximum atomic E-state index is 9.60. The van der Waals surface area contributed by atoms with Crippen molar-refractivity contribution in [2.75, 3.05) is 23.3 Å². The summed E-state index contributed by atoms with van der Waals surface area (Å²) < 4.78 is 0. The normalized spacial score (nSPS) is 15.6. The Morgan fingerprint density at radius 1 is 1.04 bits per heavy atom. The first-order chi connectivity index (χ1) is 11.8. The summed E-state index contributed by atoms with van der Waals surface area (Å²) in [6, 6.07) is 12.0. The van der Waals surface area contributed by atoms with Gasteiger partial charge in [0.25, 0.3) is 0 Å². The number of hydrogen-bond acceptors (Lipinski definition) is 6. The summed E-state index contributed by atoms with van der Waals surface area (Å²) in [5, 5.41) is 13.7. The van der Waals surface area contributed by atoms with Crippen molar-refractivity contribution in [3.05, 3.63) is 48.8 Å². The molecule has 24 heavy (non-hydrogen) atoms. The Hall–Kier alpha value is -2.73. The fraction of sp³-hybridized carbons (Fsp3) is 0.278. The first-order valence-electron chi connectivity index (χ1n) is 8.16. The molecule has 1 saturated heterocycles. The molecule has 1 aromatic carbocycles. The van der Waals surface area contributed by atoms with Crippen LogP contribution in [0.15, 0.2) is 48.8 Å². The van der Waals surface area contributed by atoms with Gasteiger partial charge in [-0.25, -0.2) is 9.97 Å². The molecule has 3 heterocycles. The quantitative estimate of drug-likeness (QED) is 0.773. The monoisotopic (exact) mass is 321 g/mol. The van der Waals surface area contributed by atoms with Gasteiger partial charge in [-0.2, -0.15) is 4.98 Å². The Bertz CT molecular complexity index is 828. The summed E-state index contributed by atoms with van der Waals surface area (Å²) in [6.07, 6.45) is 5.01. The van der Waals surface area contributed by atoms with Crippen molar-refractivity contribution in [3.63, 3.8) is 0 Å². The molecular formula is C18H19N5O. The van der Waals surface area contributed by atoms with Gasteiger partial charge in [0, 0.05) is 42.2 Å². The molecule has 0 saturated carbocycles. The molecule has 2 aromatic heterocycles. The van der Waals surface area contributed by atoms with Gasteiger partial charge in [0.05, 0.1) is 6.10 Å². The lowest BCUT2D eigenvalue weighted by atomic mass is 10.1. The largest absolute Gasteiger partial charge is 0.393 e. The number of aliphatic hydroxyl groups is 1. The molecule has 3 aromatic rings. The van der Waals surface area contributed by atoms with Crippen molar-refractivity contribution in [2.45, 2.75) is 18.9 Å². The van der Waals surface area contributed by atoms with E-state index < -0.39 is 0 Å². The summed E-state index contributed by atoms with van der Waals surface area (Å²) in [6.45, 7) is 1.79. The van der Waals surface area contributed by atoms with Crippen LogP contribution in [0.25, 0.3) is 11.0 Å². The van der Waals surface area contributed by atoms with E-state index in [4.69, 9.17) is 0 Å². The number of piperidine rings is 1. The predicted molar refractivity (Wildman–Crippen MR) is 94.5 cm³/mol. The number of aromatic nitrogens is 3. The summed E-state index contributed by atoms with van der Waals surface area (Å²) in [5.74, 6) is 0.537. The zero-order valence-corrected chi connectivity index (χ0v) is 13.3. The second-order valence-corrected chi connectivity index (χ2v) is 6.00. The Morgan fingerprint density at radius 2 is 1.83 bits per heavy atom. The molecule has 0 unspecified atom stereocenters. The van der Waals surface area contributed by atoms with Crippen LogP contribution in [0.4, 0.5) is 17.3 Å². The van der Waals surface area contributed by atoms with Gasteiger partial charge in [0.2, 0.25) is 5.95 Å². The maximum Gasteiger partial charge on any atom is 0.229 e. The fourth-order valence-electron chi connectivity index (χ4n) is 2.93. The van der Waals surface area contributed by atoms with Crippen LogP contribution in [0.3, 0.4) is 0 Å². The Balaban J connectivity index is 1.48. The van der Waals surface area contributed by atoms with Gasteiger partial charge in [0.1, 0.15) is 0 Å². The van der Waals surface area contributed by atoms with Crippen LogP contribution < -0.4 is 10.2 Å². The lowest BCUT2D eigenvalue weighted by Crippen LogP contribution is -2.35. The predicted octanol–water partition coefficient (Wildman–Crippen LogP) is 2.73. The standard InChI is InChI=1S/C18H19N5O/c24-16-7-10-23(11-8-16)15-5-3-14(4-6-15)21-18-20-12-13-2-1-9-19-17(13)22-18/h1-6,9,12,16,24H,7-8,10-11H2,(H,19,20,21,22). The summed E-state index contributed by atoms with van der Waals surface area (Å²) in [4.78, 5) is 15.3. The number of hydrogen-bond donors (Lipinski definition) is 2. The van der Waals surface area contributed by atoms with Gasteiger partial charge < -0.3 is 15.3 Å². The van der Waals surface area contributed by atoms with E-state index in [0.29, 0.717) is 11.6 Å². The molecule has 2 N–H and O–H groups in total. The van der Waals surface area contributed by atoms with Crippen LogP contribution in [-0.4, -0.2) is 39.3 Å². The number of fused-ring (bicyclic) bond motifs is 1. The van der Waals surface area contributed by atoms with Gasteiger partial charge in [-0.15, -0.1) is 0 Å². The minimum atomic E-state index is -0.152. The highest BCUT2D eigenvalue weighted by atomic mass is 16.3. The van der Waals surface area contributed by atoms with E-state index >= 15 is 0 Å². The van der Waals surface area contributed by atoms with Crippen molar-refractivity contribution in [3.8, 4) is 0 Å². The van der Waals surface area contributed by atoms with E-state index in [1.54, 1.807) is 12.4 Å². The molecule has 0 radical (unpaired) electrons. The average Bonchev–Trinajstić information content (AvgIpc) is 2.63. The molecule has 0 atom stereocenters. The Morgan fingerprint density at radius 3 is 2.62 bits per heavy atom. The molecule has 0 amide bonds. The topological polar surface area (TPSA) is 74.2 Å². The van der Waals surface area contributed by atoms with Crippen molar-refractivity contribution in [1.82, 2.24) is 15.0 Å². The third-order valence-corrected chi connectivity index (χ3v) is 4.31. The van der Waals surface area contributed by atoms with Gasteiger partial charge >= 0.3 is 0 Å². The van der Waals surface area contributed by atoms with Gasteiger partial charge in [0.15, 0.2) is 5.65 Å². The highest BCUT2D eigenvalue weighted by Crippen LogP contribution is 2.23. The zero-order chi connectivity index (χ0) is 16.4. The molecule has 0 spiro atoms. The van der Waals surface area contributed by atoms with Crippen LogP contribution in [0.1, 0.15) is 12.8 Å². The van der Waals surface area contributed by atoms with Crippen molar-refractivity contribution < 1.29 is 5.11 Å². The molecule has 4 rings (SSSR count). The molecular weight excluding hydrogens is 302 g/mol. The van der Waals surface area contributed by atoms with Crippen LogP contribution in [0.2, 0.25) is 0 Å². The second kappa shape index (κ2) is 6.41. The number of aliphatic hydroxyl groups excluding tert-OH is 1. The van der Waals surface area contributed by atoms with Crippen LogP contribution in [0, 0.1) is 0 Å². The Labute approximate surface area is 140 Å². The van der Waals surface area contributed by atoms with Crippen LogP contribution in [-0.2, 0) is 0 Å². The van der Waals surface area contributed by atoms with E-state index in [1.807, 2.05) is 24.3 Å². The SMILES string of the molecule is OC1CCN(c2ccc(Nc3ncc4cccnc4n3)cc2)CC1. The highest BCUT2D eigenvalue weighted by molar-refractivity contribution is 5.74. The summed E-state index contributed by atoms with van der Waals surface area (Å²) in [7, 11) is 0. The molecule has 6 nitrogen and oxygen atoms in total. The zero-order valence-electron chi connectivity index (χ0n) is 13.3. The van der Waals surface area contributed by atoms with Crippen molar-refractivity contribution in [2.24, 2.45) is 0 Å². The van der Waals surface area contributed by atoms with Crippen LogP contribution in [0.5, 0.6) is 0 Å². The minimum absolute atomic E-state index is 0.152. The third-order valence-electron chi connectivity index (χ3n) is 4.31. The molecule has 1 fully saturated rings. The maximum absolute atomic E-state index is 9.60. The number of nitrogens with one attached hydrogen (secondary N) is 1. The second-order valence-electron chi connectivity index (χ2n) is 6.00. The third kappa shape index (κ3) is 3.14. The highest BCUT2D eigenvalue weighted by Gasteiger charge is 2.17. The minimum Gasteiger partial charge on any atom is -0.393 e. The molecule has 1 aliphatic rings. The van der Waals surface area contributed by atoms with E-state index in [9.17, 15) is 5.11 Å². The molecule has 0 bridgehead atoms. The molecule has 1 aliphatic heterocycles. The van der Waals surface area contributed by atoms with Gasteiger partial charge in [-0.05, 0) is 49.2 Å². The smallest absolute Gasteiger partial charge is 0.229 e. The van der Waals surface area contributed by atoms with Gasteiger partial charge in [-0.3, -0.25) is 0 Å². The molecule has 0 aliphatic carbocycles. The first-order valence-corrected chi connectivity index (χ1v) is 8.16. The molecule has 6 heteroatoms. The lowest BCUT2D eigenvalue weighted by molar-refractivity contribution is 0.145. The first kappa shape index (κ1) is 14.8. The number of nitrogens with zero attached hydrogens (tertiary/aromatic N) is 4. The number of rotatable bonds is 3.